The van der Waals surface area contributed by atoms with Crippen molar-refractivity contribution in [3.63, 3.8) is 0 Å². The molecule has 1 aliphatic carbocycles. The van der Waals surface area contributed by atoms with Gasteiger partial charge in [0.15, 0.2) is 0 Å². The van der Waals surface area contributed by atoms with Gasteiger partial charge in [-0.2, -0.15) is 0 Å². The predicted octanol–water partition coefficient (Wildman–Crippen LogP) is 7.57. The van der Waals surface area contributed by atoms with E-state index in [1.807, 2.05) is 70.7 Å². The van der Waals surface area contributed by atoms with Gasteiger partial charge in [-0.15, -0.1) is 0 Å². The summed E-state index contributed by atoms with van der Waals surface area (Å²) in [7, 11) is 0. The van der Waals surface area contributed by atoms with Gasteiger partial charge in [0.1, 0.15) is 11.4 Å². The molecule has 2 aromatic carbocycles. The van der Waals surface area contributed by atoms with E-state index in [2.05, 4.69) is 34.3 Å². The minimum Gasteiger partial charge on any atom is -0.462 e. The second-order valence-corrected chi connectivity index (χ2v) is 13.7. The third kappa shape index (κ3) is 8.54. The summed E-state index contributed by atoms with van der Waals surface area (Å²) in [5, 5.41) is 4.10. The van der Waals surface area contributed by atoms with E-state index < -0.39 is 5.60 Å². The number of benzene rings is 2. The Balaban J connectivity index is 1.13. The Morgan fingerprint density at radius 3 is 2.31 bits per heavy atom. The van der Waals surface area contributed by atoms with Crippen LogP contribution in [0, 0.1) is 19.8 Å². The maximum atomic E-state index is 13.5. The van der Waals surface area contributed by atoms with Gasteiger partial charge in [0.05, 0.1) is 17.9 Å². The first-order chi connectivity index (χ1) is 21.5. The summed E-state index contributed by atoms with van der Waals surface area (Å²) >= 11 is 0. The second-order valence-electron chi connectivity index (χ2n) is 13.7. The van der Waals surface area contributed by atoms with Crippen molar-refractivity contribution in [3.8, 4) is 11.1 Å². The number of hydrogen-bond acceptors (Lipinski definition) is 7. The van der Waals surface area contributed by atoms with Gasteiger partial charge < -0.3 is 23.8 Å². The fourth-order valence-electron chi connectivity index (χ4n) is 6.54. The molecule has 0 radical (unpaired) electrons. The minimum atomic E-state index is -0.530. The largest absolute Gasteiger partial charge is 0.462 e. The molecule has 2 aliphatic rings. The Hall–Kier alpha value is -3.65. The number of hydrogen-bond donors (Lipinski definition) is 0. The Morgan fingerprint density at radius 2 is 1.71 bits per heavy atom. The second kappa shape index (κ2) is 14.2. The molecule has 1 amide bonds. The van der Waals surface area contributed by atoms with E-state index in [0.717, 1.165) is 80.9 Å². The molecule has 2 unspecified atom stereocenters. The number of likely N-dealkylation sites (tertiary alicyclic amines) is 1. The van der Waals surface area contributed by atoms with E-state index in [4.69, 9.17) is 14.0 Å². The molecule has 1 aromatic heterocycles. The van der Waals surface area contributed by atoms with Crippen LogP contribution in [0.15, 0.2) is 53.1 Å². The number of aromatic nitrogens is 1. The van der Waals surface area contributed by atoms with Crippen molar-refractivity contribution < 1.29 is 23.6 Å². The zero-order chi connectivity index (χ0) is 32.1. The lowest BCUT2D eigenvalue weighted by Crippen LogP contribution is -2.44. The number of piperidine rings is 1. The summed E-state index contributed by atoms with van der Waals surface area (Å²) < 4.78 is 16.3. The molecule has 2 atom stereocenters. The molecular weight excluding hydrogens is 566 g/mol. The molecule has 0 N–H and O–H groups in total. The highest BCUT2D eigenvalue weighted by atomic mass is 16.6. The lowest BCUT2D eigenvalue weighted by atomic mass is 9.95. The number of esters is 1. The van der Waals surface area contributed by atoms with Crippen molar-refractivity contribution in [2.24, 2.45) is 5.92 Å². The van der Waals surface area contributed by atoms with Gasteiger partial charge >= 0.3 is 12.1 Å². The molecule has 8 nitrogen and oxygen atoms in total. The first-order valence-electron chi connectivity index (χ1n) is 16.5. The van der Waals surface area contributed by atoms with E-state index in [1.165, 1.54) is 11.1 Å². The Bertz CT molecular complexity index is 1410. The average Bonchev–Trinajstić information content (AvgIpc) is 3.72. The van der Waals surface area contributed by atoms with Gasteiger partial charge in [0, 0.05) is 24.1 Å². The van der Waals surface area contributed by atoms with Gasteiger partial charge in [-0.25, -0.2) is 9.59 Å². The van der Waals surface area contributed by atoms with Crippen molar-refractivity contribution >= 4 is 12.1 Å². The normalized spacial score (nSPS) is 18.9. The monoisotopic (exact) mass is 615 g/mol. The summed E-state index contributed by atoms with van der Waals surface area (Å²) in [6.45, 7) is 15.8. The molecule has 2 fully saturated rings. The lowest BCUT2D eigenvalue weighted by molar-refractivity contribution is 0.0171. The van der Waals surface area contributed by atoms with Gasteiger partial charge in [-0.05, 0) is 128 Å². The number of carbonyl (C=O) groups excluding carboxylic acids is 2. The van der Waals surface area contributed by atoms with E-state index in [1.54, 1.807) is 0 Å². The fourth-order valence-corrected chi connectivity index (χ4v) is 6.54. The Labute approximate surface area is 268 Å². The Kier molecular flexibility index (Phi) is 10.3. The van der Waals surface area contributed by atoms with Crippen LogP contribution in [-0.4, -0.2) is 71.4 Å². The summed E-state index contributed by atoms with van der Waals surface area (Å²) in [6.07, 6.45) is 4.99. The van der Waals surface area contributed by atoms with Crippen molar-refractivity contribution in [1.29, 1.82) is 0 Å². The lowest BCUT2D eigenvalue weighted by Gasteiger charge is -2.36. The number of aryl methyl sites for hydroxylation is 3. The smallest absolute Gasteiger partial charge is 0.410 e. The van der Waals surface area contributed by atoms with Crippen LogP contribution in [0.1, 0.15) is 92.2 Å². The van der Waals surface area contributed by atoms with Crippen LogP contribution in [0.2, 0.25) is 0 Å². The fraction of sp³-hybridized carbons (Fsp3) is 0.541. The van der Waals surface area contributed by atoms with E-state index in [-0.39, 0.29) is 18.1 Å². The van der Waals surface area contributed by atoms with Crippen molar-refractivity contribution in [1.82, 2.24) is 15.0 Å². The molecule has 1 saturated carbocycles. The highest BCUT2D eigenvalue weighted by Crippen LogP contribution is 2.46. The van der Waals surface area contributed by atoms with Crippen molar-refractivity contribution in [2.75, 3.05) is 32.8 Å². The number of ether oxygens (including phenoxy) is 2. The van der Waals surface area contributed by atoms with Crippen molar-refractivity contribution in [2.45, 2.75) is 91.2 Å². The molecule has 3 aromatic rings. The van der Waals surface area contributed by atoms with Crippen LogP contribution in [0.3, 0.4) is 0 Å². The first kappa shape index (κ1) is 32.7. The standard InChI is InChI=1S/C37H49N3O5/c1-7-43-35(41)31-12-10-27(11-13-31)9-8-20-39-21-18-28(19-22-39)24-40(36(42)44-37(4,5)6)33-23-32(33)29-14-16-30(17-15-29)34-25(2)38-45-26(34)3/h10-17,28,32-33H,7-9,18-24H2,1-6H3. The van der Waals surface area contributed by atoms with E-state index in [9.17, 15) is 9.59 Å². The molecule has 8 heteroatoms. The zero-order valence-corrected chi connectivity index (χ0v) is 27.8. The summed E-state index contributed by atoms with van der Waals surface area (Å²) in [4.78, 5) is 29.9. The third-order valence-corrected chi connectivity index (χ3v) is 9.01. The average molecular weight is 616 g/mol. The number of rotatable bonds is 11. The molecule has 2 heterocycles. The quantitative estimate of drug-likeness (QED) is 0.206. The first-order valence-corrected chi connectivity index (χ1v) is 16.5. The van der Waals surface area contributed by atoms with E-state index in [0.29, 0.717) is 24.0 Å². The van der Waals surface area contributed by atoms with Crippen LogP contribution < -0.4 is 0 Å². The van der Waals surface area contributed by atoms with Crippen molar-refractivity contribution in [3.05, 3.63) is 76.7 Å². The van der Waals surface area contributed by atoms with Crippen LogP contribution >= 0.6 is 0 Å². The summed E-state index contributed by atoms with van der Waals surface area (Å²) in [5.41, 5.74) is 5.63. The van der Waals surface area contributed by atoms with Crippen LogP contribution in [-0.2, 0) is 15.9 Å². The summed E-state index contributed by atoms with van der Waals surface area (Å²) in [5.74, 6) is 1.35. The maximum Gasteiger partial charge on any atom is 0.410 e. The molecular formula is C37H49N3O5. The topological polar surface area (TPSA) is 85.1 Å². The van der Waals surface area contributed by atoms with Gasteiger partial charge in [0.2, 0.25) is 0 Å². The highest BCUT2D eigenvalue weighted by molar-refractivity contribution is 5.89. The van der Waals surface area contributed by atoms with Gasteiger partial charge in [-0.1, -0.05) is 41.6 Å². The predicted molar refractivity (Wildman–Crippen MR) is 175 cm³/mol. The molecule has 45 heavy (non-hydrogen) atoms. The molecule has 0 bridgehead atoms. The third-order valence-electron chi connectivity index (χ3n) is 9.01. The molecule has 1 saturated heterocycles. The molecule has 0 spiro atoms. The van der Waals surface area contributed by atoms with Crippen LogP contribution in [0.4, 0.5) is 4.79 Å². The summed E-state index contributed by atoms with van der Waals surface area (Å²) in [6, 6.07) is 16.6. The highest BCUT2D eigenvalue weighted by Gasteiger charge is 2.46. The number of nitrogens with zero attached hydrogens (tertiary/aromatic N) is 3. The molecule has 5 rings (SSSR count). The number of amides is 1. The minimum absolute atomic E-state index is 0.165. The zero-order valence-electron chi connectivity index (χ0n) is 27.8. The molecule has 242 valence electrons. The van der Waals surface area contributed by atoms with Gasteiger partial charge in [-0.3, -0.25) is 0 Å². The van der Waals surface area contributed by atoms with Crippen LogP contribution in [0.5, 0.6) is 0 Å². The van der Waals surface area contributed by atoms with Gasteiger partial charge in [0.25, 0.3) is 0 Å². The maximum absolute atomic E-state index is 13.5. The SMILES string of the molecule is CCOC(=O)c1ccc(CCCN2CCC(CN(C(=O)OC(C)(C)C)C3CC3c3ccc(-c4c(C)noc4C)cc3)CC2)cc1. The number of carbonyl (C=O) groups is 2. The molecule has 1 aliphatic heterocycles. The Morgan fingerprint density at radius 1 is 1.02 bits per heavy atom. The van der Waals surface area contributed by atoms with Crippen LogP contribution in [0.25, 0.3) is 11.1 Å². The van der Waals surface area contributed by atoms with E-state index >= 15 is 0 Å².